The van der Waals surface area contributed by atoms with Gasteiger partial charge in [-0.15, -0.1) is 5.10 Å². The number of rotatable bonds is 5. The van der Waals surface area contributed by atoms with E-state index in [2.05, 4.69) is 76.1 Å². The second kappa shape index (κ2) is 9.27. The fourth-order valence-electron chi connectivity index (χ4n) is 6.58. The highest BCUT2D eigenvalue weighted by Gasteiger charge is 2.38. The number of aryl methyl sites for hydroxylation is 1. The predicted octanol–water partition coefficient (Wildman–Crippen LogP) is 5.07. The molecule has 1 fully saturated rings. The zero-order chi connectivity index (χ0) is 25.7. The average Bonchev–Trinajstić information content (AvgIpc) is 3.34. The van der Waals surface area contributed by atoms with E-state index < -0.39 is 0 Å². The van der Waals surface area contributed by atoms with Crippen LogP contribution in [0.4, 0.5) is 23.3 Å². The zero-order valence-corrected chi connectivity index (χ0v) is 22.1. The molecule has 2 bridgehead atoms. The highest BCUT2D eigenvalue weighted by atomic mass is 15.4. The third kappa shape index (κ3) is 4.17. The van der Waals surface area contributed by atoms with E-state index in [0.717, 1.165) is 68.9 Å². The van der Waals surface area contributed by atoms with E-state index in [9.17, 15) is 0 Å². The largest absolute Gasteiger partial charge is 0.383 e. The number of allylic oxidation sites excluding steroid dienone is 4. The number of nitrogens with two attached hydrogens (primary N) is 1. The minimum Gasteiger partial charge on any atom is -0.383 e. The Labute approximate surface area is 224 Å². The lowest BCUT2D eigenvalue weighted by atomic mass is 9.65. The summed E-state index contributed by atoms with van der Waals surface area (Å²) in [7, 11) is 2.20. The Morgan fingerprint density at radius 1 is 1.11 bits per heavy atom. The first-order valence-corrected chi connectivity index (χ1v) is 14.0. The molecule has 1 unspecified atom stereocenters. The van der Waals surface area contributed by atoms with Crippen LogP contribution in [0, 0.1) is 0 Å². The Hall–Kier alpha value is -3.65. The number of piperidine rings is 1. The quantitative estimate of drug-likeness (QED) is 0.443. The van der Waals surface area contributed by atoms with Crippen molar-refractivity contribution in [3.05, 3.63) is 71.0 Å². The summed E-state index contributed by atoms with van der Waals surface area (Å²) in [6, 6.07) is 10.9. The summed E-state index contributed by atoms with van der Waals surface area (Å²) in [4.78, 5) is 12.0. The molecule has 8 nitrogen and oxygen atoms in total. The molecule has 196 valence electrons. The van der Waals surface area contributed by atoms with E-state index in [0.29, 0.717) is 17.8 Å². The standard InChI is InChI=1S/C30H36N8/c1-37-17-11-22(12-18-37)21-4-6-23(7-5-21)33-29-35-28(31)38(36-29)26-19-24(27-25(34-26)3-2-16-32-27)30-13-8-20(9-14-30)10-15-30/h4-9,13,19,22,32H,2-3,10-12,14-18H2,1H3,(H3,31,33,35,36). The number of pyridine rings is 1. The van der Waals surface area contributed by atoms with Gasteiger partial charge in [0.1, 0.15) is 0 Å². The maximum Gasteiger partial charge on any atom is 0.248 e. The molecule has 1 atom stereocenters. The summed E-state index contributed by atoms with van der Waals surface area (Å²) in [5, 5.41) is 11.7. The summed E-state index contributed by atoms with van der Waals surface area (Å²) >= 11 is 0. The maximum atomic E-state index is 6.40. The Balaban J connectivity index is 1.17. The molecule has 3 aromatic rings. The highest BCUT2D eigenvalue weighted by molar-refractivity contribution is 5.65. The molecule has 0 radical (unpaired) electrons. The molecule has 1 aromatic carbocycles. The molecule has 4 heterocycles. The molecule has 1 saturated heterocycles. The average molecular weight is 509 g/mol. The fourth-order valence-corrected chi connectivity index (χ4v) is 6.58. The lowest BCUT2D eigenvalue weighted by Crippen LogP contribution is -2.32. The van der Waals surface area contributed by atoms with Gasteiger partial charge in [-0.25, -0.2) is 4.98 Å². The number of hydrogen-bond acceptors (Lipinski definition) is 7. The number of hydrogen-bond donors (Lipinski definition) is 3. The van der Waals surface area contributed by atoms with Crippen LogP contribution in [0.15, 0.2) is 54.1 Å². The predicted molar refractivity (Wildman–Crippen MR) is 152 cm³/mol. The summed E-state index contributed by atoms with van der Waals surface area (Å²) in [6.45, 7) is 3.31. The number of fused-ring (bicyclic) bond motifs is 3. The number of anilines is 4. The first-order valence-electron chi connectivity index (χ1n) is 14.0. The molecule has 8 heteroatoms. The Kier molecular flexibility index (Phi) is 5.73. The van der Waals surface area contributed by atoms with Crippen molar-refractivity contribution in [3.8, 4) is 5.82 Å². The third-order valence-corrected chi connectivity index (χ3v) is 8.92. The van der Waals surface area contributed by atoms with E-state index in [1.54, 1.807) is 4.68 Å². The second-order valence-corrected chi connectivity index (χ2v) is 11.4. The zero-order valence-electron chi connectivity index (χ0n) is 22.1. The molecule has 2 aromatic heterocycles. The number of nitrogens with zero attached hydrogens (tertiary/aromatic N) is 5. The number of likely N-dealkylation sites (tertiary alicyclic amines) is 1. The summed E-state index contributed by atoms with van der Waals surface area (Å²) in [5.41, 5.74) is 13.8. The summed E-state index contributed by atoms with van der Waals surface area (Å²) in [5.74, 6) is 2.19. The van der Waals surface area contributed by atoms with Crippen molar-refractivity contribution in [1.82, 2.24) is 24.6 Å². The number of aromatic nitrogens is 4. The van der Waals surface area contributed by atoms with Gasteiger partial charge in [0.15, 0.2) is 5.82 Å². The minimum atomic E-state index is -0.000217. The van der Waals surface area contributed by atoms with Gasteiger partial charge in [0.2, 0.25) is 11.9 Å². The lowest BCUT2D eigenvalue weighted by molar-refractivity contribution is 0.255. The minimum absolute atomic E-state index is 0.000217. The van der Waals surface area contributed by atoms with Gasteiger partial charge in [0.05, 0.1) is 11.4 Å². The Morgan fingerprint density at radius 2 is 1.95 bits per heavy atom. The van der Waals surface area contributed by atoms with Crippen molar-refractivity contribution in [3.63, 3.8) is 0 Å². The van der Waals surface area contributed by atoms with Crippen LogP contribution >= 0.6 is 0 Å². The lowest BCUT2D eigenvalue weighted by Gasteiger charge is -2.40. The first kappa shape index (κ1) is 23.5. The summed E-state index contributed by atoms with van der Waals surface area (Å²) < 4.78 is 1.68. The van der Waals surface area contributed by atoms with Crippen LogP contribution in [0.1, 0.15) is 61.3 Å². The molecular weight excluding hydrogens is 472 g/mol. The number of benzene rings is 1. The third-order valence-electron chi connectivity index (χ3n) is 8.92. The SMILES string of the molecule is CN1CCC(c2ccc(Nc3nc(N)n(-c4cc(C56C=CC(=CC5)CC6)c5c(n4)CCCN5)n3)cc2)CC1. The van der Waals surface area contributed by atoms with Gasteiger partial charge in [0.25, 0.3) is 0 Å². The van der Waals surface area contributed by atoms with Crippen molar-refractivity contribution in [2.45, 2.75) is 56.3 Å². The fraction of sp³-hybridized carbons (Fsp3) is 0.433. The normalized spacial score (nSPS) is 23.1. The highest BCUT2D eigenvalue weighted by Crippen LogP contribution is 2.48. The Bertz CT molecular complexity index is 1410. The smallest absolute Gasteiger partial charge is 0.248 e. The monoisotopic (exact) mass is 508 g/mol. The number of nitrogens with one attached hydrogen (secondary N) is 2. The molecule has 38 heavy (non-hydrogen) atoms. The van der Waals surface area contributed by atoms with E-state index in [4.69, 9.17) is 15.8 Å². The van der Waals surface area contributed by atoms with Crippen molar-refractivity contribution in [2.24, 2.45) is 0 Å². The first-order chi connectivity index (χ1) is 18.6. The van der Waals surface area contributed by atoms with Gasteiger partial charge in [0, 0.05) is 17.6 Å². The van der Waals surface area contributed by atoms with Gasteiger partial charge >= 0.3 is 0 Å². The van der Waals surface area contributed by atoms with E-state index in [1.807, 2.05) is 0 Å². The van der Waals surface area contributed by atoms with E-state index in [-0.39, 0.29) is 5.41 Å². The topological polar surface area (TPSA) is 96.9 Å². The van der Waals surface area contributed by atoms with E-state index in [1.165, 1.54) is 35.2 Å². The van der Waals surface area contributed by atoms with Crippen molar-refractivity contribution in [1.29, 1.82) is 0 Å². The molecule has 0 saturated carbocycles. The van der Waals surface area contributed by atoms with E-state index >= 15 is 0 Å². The molecule has 0 amide bonds. The van der Waals surface area contributed by atoms with Gasteiger partial charge in [-0.1, -0.05) is 35.9 Å². The van der Waals surface area contributed by atoms with Crippen LogP contribution in [-0.2, 0) is 11.8 Å². The van der Waals surface area contributed by atoms with Crippen LogP contribution in [-0.4, -0.2) is 51.3 Å². The molecule has 2 aliphatic heterocycles. The van der Waals surface area contributed by atoms with Crippen LogP contribution in [0.5, 0.6) is 0 Å². The molecule has 8 rings (SSSR count). The molecule has 3 aliphatic carbocycles. The molecule has 5 aliphatic rings. The van der Waals surface area contributed by atoms with Crippen LogP contribution in [0.25, 0.3) is 5.82 Å². The summed E-state index contributed by atoms with van der Waals surface area (Å²) in [6.07, 6.45) is 14.8. The Morgan fingerprint density at radius 3 is 2.68 bits per heavy atom. The van der Waals surface area contributed by atoms with Gasteiger partial charge < -0.3 is 21.3 Å². The number of nitrogen functional groups attached to an aromatic ring is 1. The van der Waals surface area contributed by atoms with Gasteiger partial charge in [-0.2, -0.15) is 9.67 Å². The van der Waals surface area contributed by atoms with Crippen LogP contribution in [0.3, 0.4) is 0 Å². The molecule has 0 spiro atoms. The molecule has 4 N–H and O–H groups in total. The van der Waals surface area contributed by atoms with Crippen molar-refractivity contribution in [2.75, 3.05) is 43.0 Å². The van der Waals surface area contributed by atoms with Crippen LogP contribution in [0.2, 0.25) is 0 Å². The maximum absolute atomic E-state index is 6.40. The van der Waals surface area contributed by atoms with Gasteiger partial charge in [-0.3, -0.25) is 0 Å². The van der Waals surface area contributed by atoms with Gasteiger partial charge in [-0.05, 0) is 100 Å². The second-order valence-electron chi connectivity index (χ2n) is 11.4. The van der Waals surface area contributed by atoms with Crippen LogP contribution < -0.4 is 16.4 Å². The van der Waals surface area contributed by atoms with Crippen molar-refractivity contribution >= 4 is 23.3 Å². The molecular formula is C30H36N8. The van der Waals surface area contributed by atoms with Crippen molar-refractivity contribution < 1.29 is 0 Å².